The maximum absolute atomic E-state index is 13.4. The van der Waals surface area contributed by atoms with E-state index in [1.165, 1.54) is 12.1 Å². The van der Waals surface area contributed by atoms with Crippen molar-refractivity contribution in [1.29, 1.82) is 0 Å². The van der Waals surface area contributed by atoms with E-state index in [0.717, 1.165) is 11.0 Å². The van der Waals surface area contributed by atoms with Gasteiger partial charge in [-0.1, -0.05) is 6.07 Å². The number of imidazole rings is 1. The number of pyridine rings is 1. The highest BCUT2D eigenvalue weighted by Crippen LogP contribution is 2.27. The van der Waals surface area contributed by atoms with Gasteiger partial charge >= 0.3 is 0 Å². The fourth-order valence-electron chi connectivity index (χ4n) is 2.10. The normalized spacial score (nSPS) is 12.8. The second-order valence-electron chi connectivity index (χ2n) is 4.27. The Morgan fingerprint density at radius 1 is 1.32 bits per heavy atom. The minimum Gasteiger partial charge on any atom is -0.295 e. The van der Waals surface area contributed by atoms with Gasteiger partial charge in [-0.3, -0.25) is 9.55 Å². The summed E-state index contributed by atoms with van der Waals surface area (Å²) in [5, 5.41) is -0.282. The SMILES string of the molecule is CC(Cl)c1nc2cnccc2n1-c1cccc(F)c1. The highest BCUT2D eigenvalue weighted by Gasteiger charge is 2.16. The van der Waals surface area contributed by atoms with Gasteiger partial charge in [0.05, 0.1) is 22.8 Å². The molecule has 3 rings (SSSR count). The first kappa shape index (κ1) is 12.1. The van der Waals surface area contributed by atoms with Gasteiger partial charge in [-0.05, 0) is 31.2 Å². The number of fused-ring (bicyclic) bond motifs is 1. The number of nitrogens with zero attached hydrogens (tertiary/aromatic N) is 3. The number of halogens is 2. The van der Waals surface area contributed by atoms with E-state index in [2.05, 4.69) is 9.97 Å². The average Bonchev–Trinajstić information content (AvgIpc) is 2.78. The van der Waals surface area contributed by atoms with Crippen LogP contribution in [0.15, 0.2) is 42.7 Å². The zero-order valence-corrected chi connectivity index (χ0v) is 11.0. The van der Waals surface area contributed by atoms with Crippen molar-refractivity contribution in [3.63, 3.8) is 0 Å². The highest BCUT2D eigenvalue weighted by atomic mass is 35.5. The summed E-state index contributed by atoms with van der Waals surface area (Å²) < 4.78 is 15.3. The summed E-state index contributed by atoms with van der Waals surface area (Å²) in [7, 11) is 0. The van der Waals surface area contributed by atoms with Gasteiger partial charge in [0.2, 0.25) is 0 Å². The smallest absolute Gasteiger partial charge is 0.132 e. The largest absolute Gasteiger partial charge is 0.295 e. The Kier molecular flexibility index (Phi) is 2.95. The molecule has 0 saturated heterocycles. The van der Waals surface area contributed by atoms with Crippen LogP contribution in [0.1, 0.15) is 18.1 Å². The van der Waals surface area contributed by atoms with Crippen LogP contribution in [0.4, 0.5) is 4.39 Å². The molecule has 0 aliphatic rings. The van der Waals surface area contributed by atoms with Crippen LogP contribution in [0.2, 0.25) is 0 Å². The van der Waals surface area contributed by atoms with Gasteiger partial charge in [-0.25, -0.2) is 9.37 Å². The van der Waals surface area contributed by atoms with Crippen molar-refractivity contribution in [3.05, 3.63) is 54.4 Å². The second-order valence-corrected chi connectivity index (χ2v) is 4.92. The topological polar surface area (TPSA) is 30.7 Å². The third-order valence-corrected chi connectivity index (χ3v) is 3.10. The molecule has 0 amide bonds. The third kappa shape index (κ3) is 2.08. The second kappa shape index (κ2) is 4.63. The Morgan fingerprint density at radius 3 is 2.89 bits per heavy atom. The summed E-state index contributed by atoms with van der Waals surface area (Å²) in [6.45, 7) is 1.84. The van der Waals surface area contributed by atoms with Crippen molar-refractivity contribution in [2.75, 3.05) is 0 Å². The molecule has 0 aliphatic carbocycles. The first-order chi connectivity index (χ1) is 9.16. The zero-order valence-electron chi connectivity index (χ0n) is 10.2. The zero-order chi connectivity index (χ0) is 13.4. The van der Waals surface area contributed by atoms with E-state index in [-0.39, 0.29) is 11.2 Å². The minimum atomic E-state index is -0.290. The van der Waals surface area contributed by atoms with Crippen LogP contribution in [0.3, 0.4) is 0 Å². The molecule has 0 N–H and O–H groups in total. The first-order valence-electron chi connectivity index (χ1n) is 5.89. The van der Waals surface area contributed by atoms with Gasteiger partial charge < -0.3 is 0 Å². The van der Waals surface area contributed by atoms with Gasteiger partial charge in [0.15, 0.2) is 0 Å². The van der Waals surface area contributed by atoms with E-state index in [0.29, 0.717) is 11.5 Å². The first-order valence-corrected chi connectivity index (χ1v) is 6.33. The number of benzene rings is 1. The van der Waals surface area contributed by atoms with Crippen LogP contribution in [-0.4, -0.2) is 14.5 Å². The number of alkyl halides is 1. The summed E-state index contributed by atoms with van der Waals surface area (Å²) in [6.07, 6.45) is 3.36. The predicted molar refractivity (Wildman–Crippen MR) is 73.1 cm³/mol. The molecule has 2 aromatic heterocycles. The van der Waals surface area contributed by atoms with Crippen LogP contribution < -0.4 is 0 Å². The highest BCUT2D eigenvalue weighted by molar-refractivity contribution is 6.20. The molecule has 0 radical (unpaired) electrons. The molecule has 0 fully saturated rings. The average molecular weight is 276 g/mol. The summed E-state index contributed by atoms with van der Waals surface area (Å²) >= 11 is 6.17. The molecular weight excluding hydrogens is 265 g/mol. The number of hydrogen-bond donors (Lipinski definition) is 0. The van der Waals surface area contributed by atoms with Crippen LogP contribution in [0.25, 0.3) is 16.7 Å². The molecule has 1 atom stereocenters. The summed E-state index contributed by atoms with van der Waals surface area (Å²) in [4.78, 5) is 8.51. The molecule has 1 aromatic carbocycles. The van der Waals surface area contributed by atoms with Crippen molar-refractivity contribution in [2.24, 2.45) is 0 Å². The Morgan fingerprint density at radius 2 is 2.16 bits per heavy atom. The predicted octanol–water partition coefficient (Wildman–Crippen LogP) is 3.86. The van der Waals surface area contributed by atoms with E-state index in [1.807, 2.05) is 23.6 Å². The molecule has 0 saturated carbocycles. The Labute approximate surface area is 114 Å². The number of aromatic nitrogens is 3. The van der Waals surface area contributed by atoms with E-state index < -0.39 is 0 Å². The van der Waals surface area contributed by atoms with Gasteiger partial charge in [0.25, 0.3) is 0 Å². The summed E-state index contributed by atoms with van der Waals surface area (Å²) in [6, 6.07) is 8.21. The lowest BCUT2D eigenvalue weighted by Gasteiger charge is -2.10. The van der Waals surface area contributed by atoms with Gasteiger partial charge in [-0.2, -0.15) is 0 Å². The molecular formula is C14H11ClFN3. The molecule has 0 bridgehead atoms. The molecule has 3 nitrogen and oxygen atoms in total. The standard InChI is InChI=1S/C14H11ClFN3/c1-9(15)14-18-12-8-17-6-5-13(12)19(14)11-4-2-3-10(16)7-11/h2-9H,1H3. The minimum absolute atomic E-state index is 0.282. The molecule has 0 aliphatic heterocycles. The van der Waals surface area contributed by atoms with Gasteiger partial charge in [0, 0.05) is 6.20 Å². The van der Waals surface area contributed by atoms with E-state index >= 15 is 0 Å². The Balaban J connectivity index is 2.34. The quantitative estimate of drug-likeness (QED) is 0.665. The van der Waals surface area contributed by atoms with Crippen molar-refractivity contribution >= 4 is 22.6 Å². The van der Waals surface area contributed by atoms with Crippen LogP contribution in [-0.2, 0) is 0 Å². The van der Waals surface area contributed by atoms with E-state index in [9.17, 15) is 4.39 Å². The number of rotatable bonds is 2. The van der Waals surface area contributed by atoms with Crippen molar-refractivity contribution in [2.45, 2.75) is 12.3 Å². The van der Waals surface area contributed by atoms with Gasteiger partial charge in [-0.15, -0.1) is 11.6 Å². The lowest BCUT2D eigenvalue weighted by atomic mass is 10.3. The van der Waals surface area contributed by atoms with Crippen molar-refractivity contribution in [1.82, 2.24) is 14.5 Å². The Bertz CT molecular complexity index is 736. The molecule has 96 valence electrons. The summed E-state index contributed by atoms with van der Waals surface area (Å²) in [5.41, 5.74) is 2.31. The maximum Gasteiger partial charge on any atom is 0.132 e. The summed E-state index contributed by atoms with van der Waals surface area (Å²) in [5.74, 6) is 0.386. The molecule has 5 heteroatoms. The maximum atomic E-state index is 13.4. The van der Waals surface area contributed by atoms with Crippen LogP contribution in [0.5, 0.6) is 0 Å². The molecule has 2 heterocycles. The van der Waals surface area contributed by atoms with Crippen molar-refractivity contribution in [3.8, 4) is 5.69 Å². The van der Waals surface area contributed by atoms with E-state index in [4.69, 9.17) is 11.6 Å². The molecule has 1 unspecified atom stereocenters. The van der Waals surface area contributed by atoms with E-state index in [1.54, 1.807) is 18.5 Å². The monoisotopic (exact) mass is 275 g/mol. The third-order valence-electron chi connectivity index (χ3n) is 2.90. The Hall–Kier alpha value is -1.94. The van der Waals surface area contributed by atoms with Crippen LogP contribution in [0, 0.1) is 5.82 Å². The molecule has 0 spiro atoms. The van der Waals surface area contributed by atoms with Crippen LogP contribution >= 0.6 is 11.6 Å². The molecule has 19 heavy (non-hydrogen) atoms. The number of hydrogen-bond acceptors (Lipinski definition) is 2. The fraction of sp³-hybridized carbons (Fsp3) is 0.143. The van der Waals surface area contributed by atoms with Crippen molar-refractivity contribution < 1.29 is 4.39 Å². The van der Waals surface area contributed by atoms with Gasteiger partial charge in [0.1, 0.15) is 17.2 Å². The lowest BCUT2D eigenvalue weighted by Crippen LogP contribution is -2.02. The fourth-order valence-corrected chi connectivity index (χ4v) is 2.25. The lowest BCUT2D eigenvalue weighted by molar-refractivity contribution is 0.626. The molecule has 3 aromatic rings.